The Balaban J connectivity index is 1.72. The minimum absolute atomic E-state index is 0.0121. The Hall–Kier alpha value is -2.16. The lowest BCUT2D eigenvalue weighted by molar-refractivity contribution is 0.252. The molecule has 7 nitrogen and oxygen atoms in total. The topological polar surface area (TPSA) is 100 Å². The van der Waals surface area contributed by atoms with Gasteiger partial charge < -0.3 is 10.6 Å². The molecular weight excluding hydrogens is 352 g/mol. The van der Waals surface area contributed by atoms with E-state index in [0.717, 1.165) is 5.56 Å². The van der Waals surface area contributed by atoms with Crippen LogP contribution < -0.4 is 15.4 Å². The van der Waals surface area contributed by atoms with Gasteiger partial charge in [-0.25, -0.2) is 17.9 Å². The summed E-state index contributed by atoms with van der Waals surface area (Å²) in [6, 6.07) is 9.59. The average Bonchev–Trinajstić information content (AvgIpc) is 2.56. The summed E-state index contributed by atoms with van der Waals surface area (Å²) in [5.74, 6) is -0.221. The summed E-state index contributed by atoms with van der Waals surface area (Å²) in [6.07, 6.45) is 3.20. The molecule has 0 saturated heterocycles. The quantitative estimate of drug-likeness (QED) is 0.695. The van der Waals surface area contributed by atoms with Crippen molar-refractivity contribution < 1.29 is 13.2 Å². The number of nitrogens with one attached hydrogen (secondary N) is 3. The van der Waals surface area contributed by atoms with Crippen LogP contribution in [0.5, 0.6) is 0 Å². The lowest BCUT2D eigenvalue weighted by atomic mass is 10.3. The number of anilines is 1. The van der Waals surface area contributed by atoms with Gasteiger partial charge in [0, 0.05) is 36.2 Å². The molecule has 24 heavy (non-hydrogen) atoms. The van der Waals surface area contributed by atoms with Crippen LogP contribution in [0.1, 0.15) is 5.56 Å². The zero-order valence-electron chi connectivity index (χ0n) is 12.7. The van der Waals surface area contributed by atoms with E-state index in [9.17, 15) is 13.2 Å². The van der Waals surface area contributed by atoms with E-state index in [1.807, 2.05) is 0 Å². The highest BCUT2D eigenvalue weighted by molar-refractivity contribution is 7.89. The largest absolute Gasteiger partial charge is 0.337 e. The Bertz CT molecular complexity index is 767. The minimum Gasteiger partial charge on any atom is -0.337 e. The number of hydrogen-bond donors (Lipinski definition) is 3. The van der Waals surface area contributed by atoms with E-state index >= 15 is 0 Å². The summed E-state index contributed by atoms with van der Waals surface area (Å²) in [4.78, 5) is 15.6. The van der Waals surface area contributed by atoms with E-state index < -0.39 is 16.1 Å². The summed E-state index contributed by atoms with van der Waals surface area (Å²) < 4.78 is 26.2. The first-order chi connectivity index (χ1) is 11.4. The van der Waals surface area contributed by atoms with Crippen LogP contribution in [0, 0.1) is 0 Å². The predicted molar refractivity (Wildman–Crippen MR) is 93.3 cm³/mol. The molecule has 1 heterocycles. The summed E-state index contributed by atoms with van der Waals surface area (Å²) in [7, 11) is -3.49. The molecule has 2 aromatic rings. The second-order valence-corrected chi connectivity index (χ2v) is 7.25. The van der Waals surface area contributed by atoms with Crippen LogP contribution in [-0.4, -0.2) is 31.7 Å². The van der Waals surface area contributed by atoms with Gasteiger partial charge in [0.25, 0.3) is 0 Å². The van der Waals surface area contributed by atoms with Crippen LogP contribution in [0.25, 0.3) is 0 Å². The van der Waals surface area contributed by atoms with Gasteiger partial charge in [-0.05, 0) is 35.9 Å². The second kappa shape index (κ2) is 8.62. The van der Waals surface area contributed by atoms with Gasteiger partial charge in [-0.3, -0.25) is 4.98 Å². The van der Waals surface area contributed by atoms with Gasteiger partial charge in [-0.15, -0.1) is 0 Å². The van der Waals surface area contributed by atoms with Crippen LogP contribution in [0.15, 0.2) is 48.8 Å². The van der Waals surface area contributed by atoms with Gasteiger partial charge in [-0.2, -0.15) is 0 Å². The molecule has 0 radical (unpaired) electrons. The molecule has 0 unspecified atom stereocenters. The fourth-order valence-corrected chi connectivity index (χ4v) is 2.80. The molecule has 0 fully saturated rings. The second-order valence-electron chi connectivity index (χ2n) is 4.89. The number of hydrogen-bond acceptors (Lipinski definition) is 4. The number of benzene rings is 1. The van der Waals surface area contributed by atoms with Crippen molar-refractivity contribution in [3.05, 3.63) is 59.4 Å². The molecule has 2 amide bonds. The lowest BCUT2D eigenvalue weighted by Crippen LogP contribution is -2.36. The molecule has 0 spiro atoms. The molecule has 128 valence electrons. The molecule has 1 aromatic heterocycles. The van der Waals surface area contributed by atoms with Gasteiger partial charge >= 0.3 is 6.03 Å². The summed E-state index contributed by atoms with van der Waals surface area (Å²) in [6.45, 7) is 0.148. The maximum atomic E-state index is 11.9. The lowest BCUT2D eigenvalue weighted by Gasteiger charge is -2.09. The van der Waals surface area contributed by atoms with E-state index in [1.165, 1.54) is 0 Å². The monoisotopic (exact) mass is 368 g/mol. The number of nitrogens with zero attached hydrogens (tertiary/aromatic N) is 1. The zero-order chi connectivity index (χ0) is 17.4. The molecular formula is C15H17ClN4O3S. The van der Waals surface area contributed by atoms with Crippen LogP contribution in [-0.2, 0) is 16.6 Å². The highest BCUT2D eigenvalue weighted by atomic mass is 35.5. The molecule has 0 atom stereocenters. The number of pyridine rings is 1. The van der Waals surface area contributed by atoms with Crippen LogP contribution in [0.4, 0.5) is 10.5 Å². The normalized spacial score (nSPS) is 11.0. The first kappa shape index (κ1) is 18.2. The molecule has 0 bridgehead atoms. The van der Waals surface area contributed by atoms with Crippen LogP contribution in [0.3, 0.4) is 0 Å². The van der Waals surface area contributed by atoms with Crippen LogP contribution in [0.2, 0.25) is 5.02 Å². The maximum absolute atomic E-state index is 11.9. The van der Waals surface area contributed by atoms with E-state index in [4.69, 9.17) is 11.6 Å². The van der Waals surface area contributed by atoms with Crippen molar-refractivity contribution in [1.29, 1.82) is 0 Å². The fourth-order valence-electron chi connectivity index (χ4n) is 1.78. The first-order valence-electron chi connectivity index (χ1n) is 7.11. The van der Waals surface area contributed by atoms with Gasteiger partial charge in [0.1, 0.15) is 0 Å². The number of urea groups is 1. The standard InChI is InChI=1S/C15H17ClN4O3S/c16-13-3-5-14(6-4-13)20-15(21)18-8-9-24(22,23)19-11-12-2-1-7-17-10-12/h1-7,10,19H,8-9,11H2,(H2,18,20,21). The van der Waals surface area contributed by atoms with Gasteiger partial charge in [-0.1, -0.05) is 17.7 Å². The third-order valence-electron chi connectivity index (χ3n) is 2.98. The van der Waals surface area contributed by atoms with Crippen molar-refractivity contribution >= 4 is 33.3 Å². The van der Waals surface area contributed by atoms with Crippen molar-refractivity contribution in [3.63, 3.8) is 0 Å². The third-order valence-corrected chi connectivity index (χ3v) is 4.56. The van der Waals surface area contributed by atoms with E-state index in [0.29, 0.717) is 10.7 Å². The highest BCUT2D eigenvalue weighted by Gasteiger charge is 2.11. The number of halogens is 1. The first-order valence-corrected chi connectivity index (χ1v) is 9.14. The fraction of sp³-hybridized carbons (Fsp3) is 0.200. The van der Waals surface area contributed by atoms with Gasteiger partial charge in [0.2, 0.25) is 10.0 Å². The van der Waals surface area contributed by atoms with Crippen molar-refractivity contribution in [1.82, 2.24) is 15.0 Å². The van der Waals surface area contributed by atoms with Crippen molar-refractivity contribution in [2.75, 3.05) is 17.6 Å². The zero-order valence-corrected chi connectivity index (χ0v) is 14.3. The van der Waals surface area contributed by atoms with E-state index in [-0.39, 0.29) is 18.8 Å². The number of sulfonamides is 1. The Morgan fingerprint density at radius 2 is 1.92 bits per heavy atom. The number of rotatable bonds is 7. The van der Waals surface area contributed by atoms with Crippen LogP contribution >= 0.6 is 11.6 Å². The van der Waals surface area contributed by atoms with Crippen molar-refractivity contribution in [2.24, 2.45) is 0 Å². The van der Waals surface area contributed by atoms with Crippen molar-refractivity contribution in [2.45, 2.75) is 6.54 Å². The minimum atomic E-state index is -3.49. The molecule has 9 heteroatoms. The number of carbonyl (C=O) groups excluding carboxylic acids is 1. The van der Waals surface area contributed by atoms with Crippen molar-refractivity contribution in [3.8, 4) is 0 Å². The van der Waals surface area contributed by atoms with E-state index in [2.05, 4.69) is 20.3 Å². The maximum Gasteiger partial charge on any atom is 0.319 e. The Morgan fingerprint density at radius 1 is 1.17 bits per heavy atom. The summed E-state index contributed by atoms with van der Waals surface area (Å²) in [5.41, 5.74) is 1.32. The number of amides is 2. The average molecular weight is 369 g/mol. The van der Waals surface area contributed by atoms with Gasteiger partial charge in [0.05, 0.1) is 5.75 Å². The number of aromatic nitrogens is 1. The SMILES string of the molecule is O=C(NCCS(=O)(=O)NCc1cccnc1)Nc1ccc(Cl)cc1. The number of carbonyl (C=O) groups is 1. The molecule has 0 aliphatic rings. The predicted octanol–water partition coefficient (Wildman–Crippen LogP) is 1.98. The molecule has 1 aromatic carbocycles. The smallest absolute Gasteiger partial charge is 0.319 e. The third kappa shape index (κ3) is 6.53. The van der Waals surface area contributed by atoms with Gasteiger partial charge in [0.15, 0.2) is 0 Å². The Labute approximate surface area is 145 Å². The molecule has 3 N–H and O–H groups in total. The Morgan fingerprint density at radius 3 is 2.58 bits per heavy atom. The molecule has 2 rings (SSSR count). The summed E-state index contributed by atoms with van der Waals surface area (Å²) in [5, 5.41) is 5.63. The highest BCUT2D eigenvalue weighted by Crippen LogP contribution is 2.12. The van der Waals surface area contributed by atoms with E-state index in [1.54, 1.807) is 48.8 Å². The summed E-state index contributed by atoms with van der Waals surface area (Å²) >= 11 is 5.75. The molecule has 0 aliphatic carbocycles. The molecule has 0 saturated carbocycles. The Kier molecular flexibility index (Phi) is 6.53. The molecule has 0 aliphatic heterocycles.